The molecule has 15 heavy (non-hydrogen) atoms. The topological polar surface area (TPSA) is 24.1 Å². The highest BCUT2D eigenvalue weighted by atomic mass is 14.9. The van der Waals surface area contributed by atoms with Crippen molar-refractivity contribution in [2.75, 3.05) is 26.2 Å². The highest BCUT2D eigenvalue weighted by Gasteiger charge is 2.05. The second kappa shape index (κ2) is 12.0. The quantitative estimate of drug-likeness (QED) is 0.648. The molecule has 2 aliphatic rings. The Morgan fingerprint density at radius 1 is 0.733 bits per heavy atom. The molecule has 2 aliphatic heterocycles. The van der Waals surface area contributed by atoms with E-state index in [-0.39, 0.29) is 0 Å². The van der Waals surface area contributed by atoms with Crippen molar-refractivity contribution in [3.8, 4) is 0 Å². The van der Waals surface area contributed by atoms with Gasteiger partial charge in [0.25, 0.3) is 0 Å². The van der Waals surface area contributed by atoms with Gasteiger partial charge in [-0.2, -0.15) is 0 Å². The SMILES string of the molecule is C1CCNCC1.CC.CC1CCNCC1. The molecule has 0 radical (unpaired) electrons. The summed E-state index contributed by atoms with van der Waals surface area (Å²) in [6, 6.07) is 0. The summed E-state index contributed by atoms with van der Waals surface area (Å²) in [6.45, 7) is 11.3. The van der Waals surface area contributed by atoms with Crippen LogP contribution in [0.2, 0.25) is 0 Å². The molecule has 0 atom stereocenters. The molecule has 2 N–H and O–H groups in total. The second-order valence-corrected chi connectivity index (χ2v) is 4.24. The van der Waals surface area contributed by atoms with Crippen LogP contribution in [0.4, 0.5) is 0 Å². The first-order chi connectivity index (χ1) is 7.39. The van der Waals surface area contributed by atoms with Gasteiger partial charge in [-0.25, -0.2) is 0 Å². The Kier molecular flexibility index (Phi) is 11.9. The van der Waals surface area contributed by atoms with Gasteiger partial charge in [0.2, 0.25) is 0 Å². The average Bonchev–Trinajstić information content (AvgIpc) is 2.36. The van der Waals surface area contributed by atoms with Crippen molar-refractivity contribution < 1.29 is 0 Å². The largest absolute Gasteiger partial charge is 0.317 e. The normalized spacial score (nSPS) is 21.8. The second-order valence-electron chi connectivity index (χ2n) is 4.24. The van der Waals surface area contributed by atoms with Crippen LogP contribution in [0, 0.1) is 5.92 Å². The zero-order valence-corrected chi connectivity index (χ0v) is 10.9. The molecule has 2 heterocycles. The van der Waals surface area contributed by atoms with Gasteiger partial charge in [0, 0.05) is 0 Å². The van der Waals surface area contributed by atoms with Crippen LogP contribution in [0.1, 0.15) is 52.9 Å². The van der Waals surface area contributed by atoms with E-state index in [0.29, 0.717) is 0 Å². The first-order valence-electron chi connectivity index (χ1n) is 6.81. The molecule has 2 rings (SSSR count). The summed E-state index contributed by atoms with van der Waals surface area (Å²) in [5.41, 5.74) is 0. The van der Waals surface area contributed by atoms with Gasteiger partial charge in [0.1, 0.15) is 0 Å². The maximum Gasteiger partial charge on any atom is -0.00464 e. The fourth-order valence-corrected chi connectivity index (χ4v) is 1.77. The minimum Gasteiger partial charge on any atom is -0.317 e. The van der Waals surface area contributed by atoms with E-state index in [9.17, 15) is 0 Å². The number of nitrogens with one attached hydrogen (secondary N) is 2. The number of hydrogen-bond donors (Lipinski definition) is 2. The van der Waals surface area contributed by atoms with Crippen LogP contribution in [0.3, 0.4) is 0 Å². The molecule has 0 bridgehead atoms. The minimum absolute atomic E-state index is 0.973. The Morgan fingerprint density at radius 3 is 1.40 bits per heavy atom. The highest BCUT2D eigenvalue weighted by Crippen LogP contribution is 2.08. The zero-order chi connectivity index (χ0) is 11.4. The highest BCUT2D eigenvalue weighted by molar-refractivity contribution is 4.62. The predicted octanol–water partition coefficient (Wildman–Crippen LogP) is 2.79. The molecule has 0 aliphatic carbocycles. The molecule has 2 saturated heterocycles. The molecular formula is C13H30N2. The summed E-state index contributed by atoms with van der Waals surface area (Å²) in [4.78, 5) is 0. The summed E-state index contributed by atoms with van der Waals surface area (Å²) in [5.74, 6) is 0.973. The fraction of sp³-hybridized carbons (Fsp3) is 1.00. The summed E-state index contributed by atoms with van der Waals surface area (Å²) in [5, 5.41) is 6.60. The lowest BCUT2D eigenvalue weighted by Crippen LogP contribution is -2.26. The summed E-state index contributed by atoms with van der Waals surface area (Å²) < 4.78 is 0. The maximum atomic E-state index is 3.32. The number of piperidine rings is 2. The Morgan fingerprint density at radius 2 is 1.20 bits per heavy atom. The third-order valence-electron chi connectivity index (χ3n) is 2.83. The van der Waals surface area contributed by atoms with Gasteiger partial charge < -0.3 is 10.6 Å². The molecule has 2 nitrogen and oxygen atoms in total. The van der Waals surface area contributed by atoms with Gasteiger partial charge in [-0.1, -0.05) is 27.2 Å². The predicted molar refractivity (Wildman–Crippen MR) is 69.3 cm³/mol. The van der Waals surface area contributed by atoms with Gasteiger partial charge in [0.05, 0.1) is 0 Å². The van der Waals surface area contributed by atoms with Crippen molar-refractivity contribution in [3.63, 3.8) is 0 Å². The van der Waals surface area contributed by atoms with Crippen molar-refractivity contribution in [1.82, 2.24) is 10.6 Å². The molecule has 0 amide bonds. The van der Waals surface area contributed by atoms with Gasteiger partial charge in [-0.05, 0) is 57.8 Å². The third kappa shape index (κ3) is 10.2. The fourth-order valence-electron chi connectivity index (χ4n) is 1.77. The monoisotopic (exact) mass is 214 g/mol. The van der Waals surface area contributed by atoms with E-state index in [2.05, 4.69) is 17.6 Å². The van der Waals surface area contributed by atoms with Crippen LogP contribution in [0.5, 0.6) is 0 Å². The van der Waals surface area contributed by atoms with E-state index in [1.807, 2.05) is 13.8 Å². The molecule has 0 spiro atoms. The minimum atomic E-state index is 0.973. The van der Waals surface area contributed by atoms with Crippen LogP contribution in [0.15, 0.2) is 0 Å². The van der Waals surface area contributed by atoms with Crippen LogP contribution in [0.25, 0.3) is 0 Å². The molecule has 0 aromatic heterocycles. The van der Waals surface area contributed by atoms with E-state index >= 15 is 0 Å². The lowest BCUT2D eigenvalue weighted by atomic mass is 10.0. The Hall–Kier alpha value is -0.0800. The molecule has 0 saturated carbocycles. The Labute approximate surface area is 96.2 Å². The molecule has 2 heteroatoms. The molecule has 92 valence electrons. The van der Waals surface area contributed by atoms with E-state index in [1.54, 1.807) is 0 Å². The van der Waals surface area contributed by atoms with Gasteiger partial charge in [-0.15, -0.1) is 0 Å². The third-order valence-corrected chi connectivity index (χ3v) is 2.83. The summed E-state index contributed by atoms with van der Waals surface area (Å²) in [7, 11) is 0. The first-order valence-corrected chi connectivity index (χ1v) is 6.81. The standard InChI is InChI=1S/C6H13N.C5H11N.C2H6/c1-6-2-4-7-5-3-6;1-2-4-6-5-3-1;1-2/h6-7H,2-5H2,1H3;6H,1-5H2;1-2H3. The number of rotatable bonds is 0. The van der Waals surface area contributed by atoms with Gasteiger partial charge in [0.15, 0.2) is 0 Å². The first kappa shape index (κ1) is 14.9. The van der Waals surface area contributed by atoms with Gasteiger partial charge >= 0.3 is 0 Å². The zero-order valence-electron chi connectivity index (χ0n) is 10.9. The average molecular weight is 214 g/mol. The van der Waals surface area contributed by atoms with E-state index in [1.165, 1.54) is 58.3 Å². The van der Waals surface area contributed by atoms with E-state index in [4.69, 9.17) is 0 Å². The van der Waals surface area contributed by atoms with Crippen LogP contribution >= 0.6 is 0 Å². The number of hydrogen-bond acceptors (Lipinski definition) is 2. The Bertz CT molecular complexity index is 93.6. The van der Waals surface area contributed by atoms with Crippen molar-refractivity contribution in [3.05, 3.63) is 0 Å². The summed E-state index contributed by atoms with van der Waals surface area (Å²) >= 11 is 0. The van der Waals surface area contributed by atoms with E-state index < -0.39 is 0 Å². The molecule has 0 aromatic carbocycles. The molecule has 0 aromatic rings. The molecular weight excluding hydrogens is 184 g/mol. The lowest BCUT2D eigenvalue weighted by Gasteiger charge is -2.17. The van der Waals surface area contributed by atoms with E-state index in [0.717, 1.165) is 5.92 Å². The van der Waals surface area contributed by atoms with Crippen LogP contribution < -0.4 is 10.6 Å². The van der Waals surface area contributed by atoms with Crippen molar-refractivity contribution in [2.45, 2.75) is 52.9 Å². The lowest BCUT2D eigenvalue weighted by molar-refractivity contribution is 0.402. The maximum absolute atomic E-state index is 3.32. The molecule has 0 unspecified atom stereocenters. The smallest absolute Gasteiger partial charge is 0.00464 e. The molecule has 2 fully saturated rings. The van der Waals surface area contributed by atoms with Crippen molar-refractivity contribution >= 4 is 0 Å². The summed E-state index contributed by atoms with van der Waals surface area (Å²) in [6.07, 6.45) is 6.97. The van der Waals surface area contributed by atoms with Crippen molar-refractivity contribution in [2.24, 2.45) is 5.92 Å². The van der Waals surface area contributed by atoms with Gasteiger partial charge in [-0.3, -0.25) is 0 Å². The van der Waals surface area contributed by atoms with Crippen molar-refractivity contribution in [1.29, 1.82) is 0 Å². The Balaban J connectivity index is 0.000000227. The van der Waals surface area contributed by atoms with Crippen LogP contribution in [-0.2, 0) is 0 Å². The van der Waals surface area contributed by atoms with Crippen LogP contribution in [-0.4, -0.2) is 26.2 Å².